The minimum atomic E-state index is -0.417. The number of hydrogen-bond donors (Lipinski definition) is 0. The summed E-state index contributed by atoms with van der Waals surface area (Å²) in [6, 6.07) is 0. The van der Waals surface area contributed by atoms with E-state index in [9.17, 15) is 15.3 Å². The zero-order valence-corrected chi connectivity index (χ0v) is 12.1. The smallest absolute Gasteiger partial charge is 0.852 e. The van der Waals surface area contributed by atoms with Crippen molar-refractivity contribution in [1.82, 2.24) is 0 Å². The van der Waals surface area contributed by atoms with E-state index in [1.807, 2.05) is 0 Å². The minimum absolute atomic E-state index is 0. The van der Waals surface area contributed by atoms with Crippen LogP contribution in [0.3, 0.4) is 0 Å². The molecule has 0 atom stereocenters. The maximum absolute atomic E-state index is 9.53. The third kappa shape index (κ3) is 89900. The van der Waals surface area contributed by atoms with Gasteiger partial charge in [-0.3, -0.25) is 0 Å². The SMILES string of the molecule is C=C.CC(C)[O-].CC(C)[O-].CC(C)[O-].[Al+3]. The Bertz CT molecular complexity index is 53.7. The van der Waals surface area contributed by atoms with Crippen LogP contribution < -0.4 is 15.3 Å². The van der Waals surface area contributed by atoms with Gasteiger partial charge in [0.25, 0.3) is 0 Å². The van der Waals surface area contributed by atoms with Crippen molar-refractivity contribution in [1.29, 1.82) is 0 Å². The average Bonchev–Trinajstić information content (AvgIpc) is 1.86. The molecule has 0 aromatic rings. The monoisotopic (exact) mass is 232 g/mol. The molecule has 15 heavy (non-hydrogen) atoms. The molecule has 0 spiro atoms. The standard InChI is InChI=1S/3C3H7O.C2H4.Al/c3*1-3(2)4;1-2;/h3*3H,1-2H3;1-2H2;/q3*-1;;+3. The second-order valence-corrected chi connectivity index (χ2v) is 3.15. The molecule has 90 valence electrons. The molecule has 0 radical (unpaired) electrons. The molecule has 0 amide bonds. The van der Waals surface area contributed by atoms with Crippen LogP contribution in [0.2, 0.25) is 0 Å². The van der Waals surface area contributed by atoms with Gasteiger partial charge in [-0.1, -0.05) is 41.5 Å². The maximum atomic E-state index is 9.53. The fourth-order valence-corrected chi connectivity index (χ4v) is 0. The van der Waals surface area contributed by atoms with Crippen LogP contribution in [0.4, 0.5) is 0 Å². The van der Waals surface area contributed by atoms with E-state index in [0.717, 1.165) is 0 Å². The summed E-state index contributed by atoms with van der Waals surface area (Å²) in [4.78, 5) is 0. The molecule has 0 saturated carbocycles. The first kappa shape index (κ1) is 29.4. The van der Waals surface area contributed by atoms with Gasteiger partial charge in [-0.05, 0) is 0 Å². The van der Waals surface area contributed by atoms with E-state index in [0.29, 0.717) is 0 Å². The zero-order valence-electron chi connectivity index (χ0n) is 10.9. The van der Waals surface area contributed by atoms with Crippen LogP contribution in [0.25, 0.3) is 0 Å². The number of hydrogen-bond acceptors (Lipinski definition) is 3. The first-order valence-electron chi connectivity index (χ1n) is 4.67. The molecular formula is C11H25AlO3. The van der Waals surface area contributed by atoms with Crippen LogP contribution in [-0.4, -0.2) is 35.7 Å². The molecule has 0 bridgehead atoms. The van der Waals surface area contributed by atoms with E-state index in [2.05, 4.69) is 13.2 Å². The molecular weight excluding hydrogens is 207 g/mol. The van der Waals surface area contributed by atoms with Gasteiger partial charge >= 0.3 is 17.4 Å². The van der Waals surface area contributed by atoms with Gasteiger partial charge in [0.1, 0.15) is 0 Å². The second kappa shape index (κ2) is 29.2. The summed E-state index contributed by atoms with van der Waals surface area (Å²) in [5.41, 5.74) is 0. The van der Waals surface area contributed by atoms with Gasteiger partial charge in [0, 0.05) is 0 Å². The molecule has 0 N–H and O–H groups in total. The first-order valence-corrected chi connectivity index (χ1v) is 4.67. The Kier molecular flexibility index (Phi) is 57.4. The van der Waals surface area contributed by atoms with Gasteiger partial charge < -0.3 is 15.3 Å². The van der Waals surface area contributed by atoms with Gasteiger partial charge in [0.2, 0.25) is 0 Å². The largest absolute Gasteiger partial charge is 3.00 e. The van der Waals surface area contributed by atoms with E-state index in [1.165, 1.54) is 0 Å². The van der Waals surface area contributed by atoms with Gasteiger partial charge in [0.15, 0.2) is 0 Å². The molecule has 0 unspecified atom stereocenters. The van der Waals surface area contributed by atoms with Crippen molar-refractivity contribution in [3.05, 3.63) is 13.2 Å². The zero-order chi connectivity index (χ0) is 12.7. The molecule has 0 rings (SSSR count). The van der Waals surface area contributed by atoms with E-state index >= 15 is 0 Å². The molecule has 0 aliphatic heterocycles. The van der Waals surface area contributed by atoms with Crippen molar-refractivity contribution in [2.24, 2.45) is 0 Å². The molecule has 3 nitrogen and oxygen atoms in total. The van der Waals surface area contributed by atoms with Crippen LogP contribution in [0.1, 0.15) is 41.5 Å². The van der Waals surface area contributed by atoms with Crippen molar-refractivity contribution in [2.75, 3.05) is 0 Å². The Hall–Kier alpha value is 0.152. The molecule has 0 aliphatic rings. The van der Waals surface area contributed by atoms with Crippen LogP contribution in [0.15, 0.2) is 13.2 Å². The summed E-state index contributed by atoms with van der Waals surface area (Å²) in [6.07, 6.45) is -1.25. The predicted octanol–water partition coefficient (Wildman–Crippen LogP) is -0.313. The fraction of sp³-hybridized carbons (Fsp3) is 0.818. The normalized spacial score (nSPS) is 7.47. The molecule has 0 aromatic heterocycles. The van der Waals surface area contributed by atoms with Crippen molar-refractivity contribution in [3.8, 4) is 0 Å². The fourth-order valence-electron chi connectivity index (χ4n) is 0. The van der Waals surface area contributed by atoms with Gasteiger partial charge in [-0.25, -0.2) is 0 Å². The topological polar surface area (TPSA) is 69.2 Å². The van der Waals surface area contributed by atoms with Crippen LogP contribution >= 0.6 is 0 Å². The third-order valence-electron chi connectivity index (χ3n) is 0. The Morgan fingerprint density at radius 2 is 0.600 bits per heavy atom. The van der Waals surface area contributed by atoms with Crippen molar-refractivity contribution < 1.29 is 15.3 Å². The average molecular weight is 232 g/mol. The Morgan fingerprint density at radius 1 is 0.600 bits per heavy atom. The molecule has 0 heterocycles. The van der Waals surface area contributed by atoms with Crippen LogP contribution in [0.5, 0.6) is 0 Å². The summed E-state index contributed by atoms with van der Waals surface area (Å²) in [7, 11) is 0. The van der Waals surface area contributed by atoms with E-state index < -0.39 is 18.3 Å². The molecule has 4 heteroatoms. The summed E-state index contributed by atoms with van der Waals surface area (Å²) < 4.78 is 0. The predicted molar refractivity (Wildman–Crippen MR) is 62.4 cm³/mol. The second-order valence-electron chi connectivity index (χ2n) is 3.15. The third-order valence-corrected chi connectivity index (χ3v) is 0. The Balaban J connectivity index is -0.0000000298. The van der Waals surface area contributed by atoms with Gasteiger partial charge in [0.05, 0.1) is 0 Å². The quantitative estimate of drug-likeness (QED) is 0.425. The van der Waals surface area contributed by atoms with Crippen molar-refractivity contribution in [3.63, 3.8) is 0 Å². The minimum Gasteiger partial charge on any atom is -0.852 e. The molecule has 0 aliphatic carbocycles. The maximum Gasteiger partial charge on any atom is 3.00 e. The molecule has 0 saturated heterocycles. The van der Waals surface area contributed by atoms with Crippen molar-refractivity contribution in [2.45, 2.75) is 59.9 Å². The van der Waals surface area contributed by atoms with Crippen LogP contribution in [-0.2, 0) is 0 Å². The van der Waals surface area contributed by atoms with E-state index in [4.69, 9.17) is 0 Å². The molecule has 0 aromatic carbocycles. The first-order chi connectivity index (χ1) is 6.20. The summed E-state index contributed by atoms with van der Waals surface area (Å²) in [5, 5.41) is 28.6. The summed E-state index contributed by atoms with van der Waals surface area (Å²) in [6.45, 7) is 15.7. The Morgan fingerprint density at radius 3 is 0.600 bits per heavy atom. The summed E-state index contributed by atoms with van der Waals surface area (Å²) >= 11 is 0. The van der Waals surface area contributed by atoms with Gasteiger partial charge in [-0.15, -0.1) is 31.5 Å². The van der Waals surface area contributed by atoms with Gasteiger partial charge in [-0.2, -0.15) is 0 Å². The van der Waals surface area contributed by atoms with Crippen LogP contribution in [0, 0.1) is 0 Å². The molecule has 0 fully saturated rings. The van der Waals surface area contributed by atoms with E-state index in [1.54, 1.807) is 41.5 Å². The van der Waals surface area contributed by atoms with Crippen molar-refractivity contribution >= 4 is 17.4 Å². The Labute approximate surface area is 106 Å². The summed E-state index contributed by atoms with van der Waals surface area (Å²) in [5.74, 6) is 0. The van der Waals surface area contributed by atoms with E-state index in [-0.39, 0.29) is 17.4 Å². The number of rotatable bonds is 0.